The quantitative estimate of drug-likeness (QED) is 0.165. The number of aromatic nitrogens is 1. The Labute approximate surface area is 279 Å². The van der Waals surface area contributed by atoms with Crippen molar-refractivity contribution in [3.63, 3.8) is 0 Å². The topological polar surface area (TPSA) is 18.1 Å². The lowest BCUT2D eigenvalue weighted by Gasteiger charge is -2.49. The predicted molar refractivity (Wildman–Crippen MR) is 202 cm³/mol. The third kappa shape index (κ3) is 3.08. The molecule has 0 bridgehead atoms. The van der Waals surface area contributed by atoms with Gasteiger partial charge in [-0.2, -0.15) is 0 Å². The second kappa shape index (κ2) is 9.03. The Kier molecular flexibility index (Phi) is 4.97. The van der Waals surface area contributed by atoms with Crippen LogP contribution in [0.25, 0.3) is 60.6 Å². The van der Waals surface area contributed by atoms with Gasteiger partial charge in [-0.25, -0.2) is 0 Å². The van der Waals surface area contributed by atoms with Crippen LogP contribution in [0.2, 0.25) is 13.1 Å². The first-order chi connectivity index (χ1) is 23.6. The van der Waals surface area contributed by atoms with Crippen LogP contribution in [0.3, 0.4) is 0 Å². The van der Waals surface area contributed by atoms with Gasteiger partial charge in [-0.3, -0.25) is 0 Å². The Morgan fingerprint density at radius 2 is 1.12 bits per heavy atom. The van der Waals surface area contributed by atoms with Crippen molar-refractivity contribution < 1.29 is 4.42 Å². The summed E-state index contributed by atoms with van der Waals surface area (Å²) in [5, 5.41) is 7.96. The molecule has 226 valence electrons. The standard InChI is InChI=1S/C45H31NOSi/c1-48(2)42-21-10-6-16-35(42)45(34-15-5-8-19-39(34)46-38-18-7-3-12-30(38)32-14-11-17-36(45)44(32)46)37-27-29(23-25-43(37)48)28-22-24-41-33(26-28)31-13-4-9-20-40(31)47-41/h3-27H,1-2H3. The lowest BCUT2D eigenvalue weighted by atomic mass is 9.62. The molecule has 0 amide bonds. The zero-order valence-electron chi connectivity index (χ0n) is 26.8. The molecule has 9 aromatic rings. The molecule has 0 saturated heterocycles. The van der Waals surface area contributed by atoms with Gasteiger partial charge in [0.2, 0.25) is 0 Å². The monoisotopic (exact) mass is 629 g/mol. The number of nitrogens with zero attached hydrogens (tertiary/aromatic N) is 1. The van der Waals surface area contributed by atoms with Gasteiger partial charge < -0.3 is 8.98 Å². The first-order valence-electron chi connectivity index (χ1n) is 16.9. The van der Waals surface area contributed by atoms with Crippen molar-refractivity contribution in [3.8, 4) is 16.8 Å². The van der Waals surface area contributed by atoms with Gasteiger partial charge in [0.25, 0.3) is 0 Å². The van der Waals surface area contributed by atoms with E-state index in [2.05, 4.69) is 163 Å². The maximum absolute atomic E-state index is 6.22. The second-order valence-electron chi connectivity index (χ2n) is 14.1. The number of para-hydroxylation sites is 4. The minimum atomic E-state index is -2.08. The second-order valence-corrected chi connectivity index (χ2v) is 18.4. The van der Waals surface area contributed by atoms with Gasteiger partial charge >= 0.3 is 0 Å². The summed E-state index contributed by atoms with van der Waals surface area (Å²) >= 11 is 0. The molecule has 2 aromatic heterocycles. The van der Waals surface area contributed by atoms with Crippen molar-refractivity contribution in [2.45, 2.75) is 18.5 Å². The Morgan fingerprint density at radius 1 is 0.479 bits per heavy atom. The van der Waals surface area contributed by atoms with E-state index in [4.69, 9.17) is 4.42 Å². The number of hydrogen-bond donors (Lipinski definition) is 0. The Bertz CT molecular complexity index is 2830. The molecule has 2 nitrogen and oxygen atoms in total. The van der Waals surface area contributed by atoms with Crippen LogP contribution in [0.4, 0.5) is 0 Å². The average molecular weight is 630 g/mol. The highest BCUT2D eigenvalue weighted by molar-refractivity contribution is 7.01. The molecule has 3 heteroatoms. The summed E-state index contributed by atoms with van der Waals surface area (Å²) in [5.41, 5.74) is 13.2. The van der Waals surface area contributed by atoms with E-state index in [0.717, 1.165) is 21.9 Å². The number of furan rings is 1. The Hall–Kier alpha value is -5.64. The molecule has 0 fully saturated rings. The molecule has 1 atom stereocenters. The van der Waals surface area contributed by atoms with Crippen LogP contribution in [-0.4, -0.2) is 12.6 Å². The smallest absolute Gasteiger partial charge is 0.135 e. The molecular weight excluding hydrogens is 599 g/mol. The van der Waals surface area contributed by atoms with E-state index in [1.54, 1.807) is 0 Å². The van der Waals surface area contributed by atoms with Gasteiger partial charge in [0, 0.05) is 21.5 Å². The van der Waals surface area contributed by atoms with Crippen LogP contribution in [0.15, 0.2) is 156 Å². The third-order valence-corrected chi connectivity index (χ3v) is 15.0. The summed E-state index contributed by atoms with van der Waals surface area (Å²) in [4.78, 5) is 0. The normalized spacial score (nSPS) is 17.2. The van der Waals surface area contributed by atoms with Gasteiger partial charge in [-0.05, 0) is 80.2 Å². The van der Waals surface area contributed by atoms with Crippen LogP contribution in [0.5, 0.6) is 0 Å². The zero-order valence-corrected chi connectivity index (χ0v) is 27.8. The van der Waals surface area contributed by atoms with Crippen molar-refractivity contribution in [2.75, 3.05) is 0 Å². The summed E-state index contributed by atoms with van der Waals surface area (Å²) in [7, 11) is -2.08. The first kappa shape index (κ1) is 26.4. The summed E-state index contributed by atoms with van der Waals surface area (Å²) in [6, 6.07) is 56.8. The minimum Gasteiger partial charge on any atom is -0.456 e. The van der Waals surface area contributed by atoms with Crippen molar-refractivity contribution in [1.29, 1.82) is 0 Å². The molecule has 0 N–H and O–H groups in total. The highest BCUT2D eigenvalue weighted by atomic mass is 28.3. The zero-order chi connectivity index (χ0) is 31.8. The lowest BCUT2D eigenvalue weighted by Crippen LogP contribution is -2.63. The first-order valence-corrected chi connectivity index (χ1v) is 19.9. The number of benzene rings is 7. The van der Waals surface area contributed by atoms with Crippen molar-refractivity contribution in [3.05, 3.63) is 174 Å². The van der Waals surface area contributed by atoms with Crippen LogP contribution >= 0.6 is 0 Å². The van der Waals surface area contributed by atoms with E-state index in [0.29, 0.717) is 0 Å². The number of rotatable bonds is 1. The molecule has 1 unspecified atom stereocenters. The van der Waals surface area contributed by atoms with Gasteiger partial charge in [0.05, 0.1) is 22.1 Å². The summed E-state index contributed by atoms with van der Waals surface area (Å²) < 4.78 is 8.75. The molecule has 2 aliphatic heterocycles. The van der Waals surface area contributed by atoms with Gasteiger partial charge in [-0.15, -0.1) is 0 Å². The van der Waals surface area contributed by atoms with Gasteiger partial charge in [0.15, 0.2) is 0 Å². The summed E-state index contributed by atoms with van der Waals surface area (Å²) in [6.07, 6.45) is 0. The van der Waals surface area contributed by atoms with E-state index < -0.39 is 13.5 Å². The van der Waals surface area contributed by atoms with Crippen LogP contribution in [0.1, 0.15) is 22.3 Å². The van der Waals surface area contributed by atoms with Crippen LogP contribution in [-0.2, 0) is 5.41 Å². The van der Waals surface area contributed by atoms with E-state index in [9.17, 15) is 0 Å². The molecule has 1 spiro atoms. The van der Waals surface area contributed by atoms with Crippen molar-refractivity contribution in [2.24, 2.45) is 0 Å². The highest BCUT2D eigenvalue weighted by Gasteiger charge is 2.53. The summed E-state index contributed by atoms with van der Waals surface area (Å²) in [5.74, 6) is 0. The van der Waals surface area contributed by atoms with E-state index >= 15 is 0 Å². The Balaban J connectivity index is 1.30. The fourth-order valence-electron chi connectivity index (χ4n) is 9.41. The van der Waals surface area contributed by atoms with E-state index in [1.165, 1.54) is 71.2 Å². The minimum absolute atomic E-state index is 0.475. The number of fused-ring (bicyclic) bond motifs is 14. The maximum atomic E-state index is 6.22. The Morgan fingerprint density at radius 3 is 2.04 bits per heavy atom. The van der Waals surface area contributed by atoms with Gasteiger partial charge in [-0.1, -0.05) is 128 Å². The third-order valence-electron chi connectivity index (χ3n) is 11.5. The molecule has 7 aromatic carbocycles. The van der Waals surface area contributed by atoms with Crippen molar-refractivity contribution >= 4 is 62.2 Å². The fourth-order valence-corrected chi connectivity index (χ4v) is 12.6. The maximum Gasteiger partial charge on any atom is 0.135 e. The molecule has 0 aliphatic carbocycles. The molecule has 48 heavy (non-hydrogen) atoms. The van der Waals surface area contributed by atoms with E-state index in [-0.39, 0.29) is 0 Å². The van der Waals surface area contributed by atoms with Crippen LogP contribution in [0, 0.1) is 0 Å². The lowest BCUT2D eigenvalue weighted by molar-refractivity contribution is 0.669. The average Bonchev–Trinajstić information content (AvgIpc) is 3.68. The molecule has 2 aliphatic rings. The van der Waals surface area contributed by atoms with E-state index in [1.807, 2.05) is 6.07 Å². The largest absolute Gasteiger partial charge is 0.456 e. The molecular formula is C45H31NOSi. The predicted octanol–water partition coefficient (Wildman–Crippen LogP) is 10.2. The SMILES string of the molecule is C[Si]1(C)c2ccccc2C2(c3ccccc3-n3c4ccccc4c4cccc2c43)c2cc(-c3ccc4oc5ccccc5c4c3)ccc21. The highest BCUT2D eigenvalue weighted by Crippen LogP contribution is 2.55. The molecule has 11 rings (SSSR count). The van der Waals surface area contributed by atoms with Gasteiger partial charge in [0.1, 0.15) is 19.2 Å². The van der Waals surface area contributed by atoms with Crippen LogP contribution < -0.4 is 10.4 Å². The number of hydrogen-bond acceptors (Lipinski definition) is 1. The van der Waals surface area contributed by atoms with Crippen molar-refractivity contribution in [1.82, 2.24) is 4.57 Å². The molecule has 0 saturated carbocycles. The summed E-state index contributed by atoms with van der Waals surface area (Å²) in [6.45, 7) is 5.07. The molecule has 4 heterocycles. The fraction of sp³-hybridized carbons (Fsp3) is 0.0667. The molecule has 0 radical (unpaired) electrons.